The highest BCUT2D eigenvalue weighted by Gasteiger charge is 2.11. The van der Waals surface area contributed by atoms with Crippen molar-refractivity contribution in [2.24, 2.45) is 0 Å². The van der Waals surface area contributed by atoms with Gasteiger partial charge in [0.2, 0.25) is 0 Å². The number of halogens is 1. The minimum Gasteiger partial charge on any atom is -0.493 e. The molecule has 0 radical (unpaired) electrons. The van der Waals surface area contributed by atoms with Crippen LogP contribution in [0.15, 0.2) is 54.9 Å². The molecule has 0 saturated heterocycles. The number of nitrogens with zero attached hydrogens (tertiary/aromatic N) is 2. The molecule has 150 valence electrons. The van der Waals surface area contributed by atoms with E-state index in [9.17, 15) is 9.18 Å². The highest BCUT2D eigenvalue weighted by atomic mass is 19.1. The normalized spacial score (nSPS) is 10.3. The van der Waals surface area contributed by atoms with E-state index >= 15 is 0 Å². The second kappa shape index (κ2) is 9.50. The minimum absolute atomic E-state index is 0.184. The molecule has 7 nitrogen and oxygen atoms in total. The zero-order valence-electron chi connectivity index (χ0n) is 16.1. The first-order chi connectivity index (χ1) is 14.1. The van der Waals surface area contributed by atoms with Crippen molar-refractivity contribution in [3.8, 4) is 11.5 Å². The number of anilines is 2. The first-order valence-corrected chi connectivity index (χ1v) is 8.93. The Labute approximate surface area is 167 Å². The second-order valence-electron chi connectivity index (χ2n) is 6.11. The fourth-order valence-electron chi connectivity index (χ4n) is 2.63. The molecule has 3 rings (SSSR count). The van der Waals surface area contributed by atoms with Crippen molar-refractivity contribution in [3.63, 3.8) is 0 Å². The molecule has 1 amide bonds. The van der Waals surface area contributed by atoms with Gasteiger partial charge in [-0.25, -0.2) is 14.4 Å². The number of carbonyl (C=O) groups excluding carboxylic acids is 1. The van der Waals surface area contributed by atoms with Gasteiger partial charge in [-0.1, -0.05) is 12.1 Å². The summed E-state index contributed by atoms with van der Waals surface area (Å²) in [5, 5.41) is 5.87. The van der Waals surface area contributed by atoms with Crippen LogP contribution in [0.3, 0.4) is 0 Å². The van der Waals surface area contributed by atoms with Crippen LogP contribution < -0.4 is 20.1 Å². The van der Waals surface area contributed by atoms with Crippen LogP contribution in [0.5, 0.6) is 11.5 Å². The lowest BCUT2D eigenvalue weighted by Crippen LogP contribution is -2.15. The maximum atomic E-state index is 12.9. The zero-order valence-corrected chi connectivity index (χ0v) is 16.1. The van der Waals surface area contributed by atoms with Gasteiger partial charge in [0.05, 0.1) is 26.6 Å². The summed E-state index contributed by atoms with van der Waals surface area (Å²) < 4.78 is 23.3. The molecule has 8 heteroatoms. The summed E-state index contributed by atoms with van der Waals surface area (Å²) >= 11 is 0. The number of nitrogens with one attached hydrogen (secondary N) is 2. The molecule has 0 fully saturated rings. The van der Waals surface area contributed by atoms with Crippen LogP contribution in [0.4, 0.5) is 15.9 Å². The van der Waals surface area contributed by atoms with Crippen LogP contribution >= 0.6 is 0 Å². The summed E-state index contributed by atoms with van der Waals surface area (Å²) in [5.74, 6) is 0.991. The predicted molar refractivity (Wildman–Crippen MR) is 108 cm³/mol. The van der Waals surface area contributed by atoms with Gasteiger partial charge >= 0.3 is 0 Å². The van der Waals surface area contributed by atoms with Crippen LogP contribution in [0, 0.1) is 5.82 Å². The number of methoxy groups -OCH3 is 2. The molecule has 0 aliphatic heterocycles. The van der Waals surface area contributed by atoms with E-state index in [0.717, 1.165) is 5.56 Å². The van der Waals surface area contributed by atoms with Crippen LogP contribution in [0.1, 0.15) is 16.1 Å². The maximum Gasteiger partial charge on any atom is 0.275 e. The second-order valence-corrected chi connectivity index (χ2v) is 6.11. The number of ether oxygens (including phenoxy) is 2. The molecule has 0 saturated carbocycles. The number of rotatable bonds is 8. The molecule has 29 heavy (non-hydrogen) atoms. The van der Waals surface area contributed by atoms with Gasteiger partial charge in [-0.3, -0.25) is 4.79 Å². The summed E-state index contributed by atoms with van der Waals surface area (Å²) in [6, 6.07) is 11.4. The third-order valence-corrected chi connectivity index (χ3v) is 4.16. The molecular formula is C21H21FN4O3. The molecular weight excluding hydrogens is 375 g/mol. The molecule has 2 N–H and O–H groups in total. The third kappa shape index (κ3) is 5.41. The van der Waals surface area contributed by atoms with Gasteiger partial charge in [0.25, 0.3) is 5.91 Å². The molecule has 0 unspecified atom stereocenters. The largest absolute Gasteiger partial charge is 0.493 e. The molecule has 3 aromatic rings. The van der Waals surface area contributed by atoms with Crippen LogP contribution in [0.2, 0.25) is 0 Å². The van der Waals surface area contributed by atoms with Crippen LogP contribution in [-0.4, -0.2) is 36.6 Å². The Bertz CT molecular complexity index is 963. The molecule has 1 aromatic heterocycles. The van der Waals surface area contributed by atoms with Crippen molar-refractivity contribution in [2.75, 3.05) is 31.4 Å². The van der Waals surface area contributed by atoms with Gasteiger partial charge in [-0.2, -0.15) is 0 Å². The average molecular weight is 396 g/mol. The Morgan fingerprint density at radius 3 is 2.41 bits per heavy atom. The van der Waals surface area contributed by atoms with E-state index in [-0.39, 0.29) is 17.4 Å². The van der Waals surface area contributed by atoms with E-state index in [2.05, 4.69) is 20.6 Å². The molecule has 0 aliphatic carbocycles. The first kappa shape index (κ1) is 20.1. The van der Waals surface area contributed by atoms with Crippen LogP contribution in [-0.2, 0) is 6.42 Å². The molecule has 0 atom stereocenters. The average Bonchev–Trinajstić information content (AvgIpc) is 2.75. The Morgan fingerprint density at radius 1 is 1.00 bits per heavy atom. The van der Waals surface area contributed by atoms with Crippen molar-refractivity contribution in [1.82, 2.24) is 9.97 Å². The van der Waals surface area contributed by atoms with E-state index in [1.54, 1.807) is 37.4 Å². The van der Waals surface area contributed by atoms with Crippen molar-refractivity contribution in [1.29, 1.82) is 0 Å². The van der Waals surface area contributed by atoms with Crippen molar-refractivity contribution < 1.29 is 18.7 Å². The smallest absolute Gasteiger partial charge is 0.275 e. The first-order valence-electron chi connectivity index (χ1n) is 8.93. The lowest BCUT2D eigenvalue weighted by Gasteiger charge is -2.10. The zero-order chi connectivity index (χ0) is 20.6. The minimum atomic E-state index is -0.386. The Morgan fingerprint density at radius 2 is 1.76 bits per heavy atom. The Kier molecular flexibility index (Phi) is 6.57. The Balaban J connectivity index is 1.55. The lowest BCUT2D eigenvalue weighted by atomic mass is 10.1. The van der Waals surface area contributed by atoms with Gasteiger partial charge in [0.15, 0.2) is 11.5 Å². The number of amides is 1. The fraction of sp³-hybridized carbons (Fsp3) is 0.190. The number of hydrogen-bond donors (Lipinski definition) is 2. The molecule has 0 spiro atoms. The quantitative estimate of drug-likeness (QED) is 0.606. The van der Waals surface area contributed by atoms with Gasteiger partial charge in [-0.05, 0) is 36.2 Å². The van der Waals surface area contributed by atoms with Crippen molar-refractivity contribution in [3.05, 3.63) is 71.9 Å². The number of hydrogen-bond acceptors (Lipinski definition) is 6. The van der Waals surface area contributed by atoms with E-state index in [0.29, 0.717) is 36.0 Å². The molecule has 2 aromatic carbocycles. The molecule has 0 bridgehead atoms. The summed E-state index contributed by atoms with van der Waals surface area (Å²) in [6.45, 7) is 0.609. The monoisotopic (exact) mass is 396 g/mol. The van der Waals surface area contributed by atoms with Gasteiger partial charge < -0.3 is 20.1 Å². The maximum absolute atomic E-state index is 12.9. The summed E-state index contributed by atoms with van der Waals surface area (Å²) in [6.07, 6.45) is 3.61. The number of benzene rings is 2. The Hall–Kier alpha value is -3.68. The van der Waals surface area contributed by atoms with E-state index in [1.807, 2.05) is 0 Å². The van der Waals surface area contributed by atoms with E-state index in [1.165, 1.54) is 31.6 Å². The van der Waals surface area contributed by atoms with Gasteiger partial charge in [0, 0.05) is 18.3 Å². The standard InChI is InChI=1S/C21H21FN4O3/c1-28-18-8-7-16(11-19(18)29-2)26-21(27)17-12-25-20(13-24-17)23-10-9-14-3-5-15(22)6-4-14/h3-8,11-13H,9-10H2,1-2H3,(H,23,25)(H,26,27). The topological polar surface area (TPSA) is 85.4 Å². The highest BCUT2D eigenvalue weighted by Crippen LogP contribution is 2.29. The SMILES string of the molecule is COc1ccc(NC(=O)c2cnc(NCCc3ccc(F)cc3)cn2)cc1OC. The predicted octanol–water partition coefficient (Wildman–Crippen LogP) is 3.54. The summed E-state index contributed by atoms with van der Waals surface area (Å²) in [7, 11) is 3.07. The van der Waals surface area contributed by atoms with Crippen molar-refractivity contribution >= 4 is 17.4 Å². The highest BCUT2D eigenvalue weighted by molar-refractivity contribution is 6.02. The number of aromatic nitrogens is 2. The summed E-state index contributed by atoms with van der Waals surface area (Å²) in [4.78, 5) is 20.7. The molecule has 0 aliphatic rings. The van der Waals surface area contributed by atoms with Gasteiger partial charge in [-0.15, -0.1) is 0 Å². The third-order valence-electron chi connectivity index (χ3n) is 4.16. The fourth-order valence-corrected chi connectivity index (χ4v) is 2.63. The summed E-state index contributed by atoms with van der Waals surface area (Å²) in [5.41, 5.74) is 1.75. The number of carbonyl (C=O) groups is 1. The van der Waals surface area contributed by atoms with E-state index in [4.69, 9.17) is 9.47 Å². The van der Waals surface area contributed by atoms with Crippen molar-refractivity contribution in [2.45, 2.75) is 6.42 Å². The van der Waals surface area contributed by atoms with E-state index < -0.39 is 0 Å². The lowest BCUT2D eigenvalue weighted by molar-refractivity contribution is 0.102. The van der Waals surface area contributed by atoms with Gasteiger partial charge in [0.1, 0.15) is 17.3 Å². The van der Waals surface area contributed by atoms with Crippen LogP contribution in [0.25, 0.3) is 0 Å². The molecule has 1 heterocycles.